The first kappa shape index (κ1) is 18.6. The van der Waals surface area contributed by atoms with Gasteiger partial charge in [0.25, 0.3) is 0 Å². The summed E-state index contributed by atoms with van der Waals surface area (Å²) < 4.78 is 26.6. The molecule has 8 heteroatoms. The summed E-state index contributed by atoms with van der Waals surface area (Å²) in [6.45, 7) is 1.43. The summed E-state index contributed by atoms with van der Waals surface area (Å²) in [6.07, 6.45) is 1.18. The number of para-hydroxylation sites is 2. The maximum Gasteiger partial charge on any atom is 0.242 e. The second-order valence-corrected chi connectivity index (χ2v) is 8.97. The van der Waals surface area contributed by atoms with E-state index in [-0.39, 0.29) is 17.9 Å². The van der Waals surface area contributed by atoms with E-state index in [2.05, 4.69) is 0 Å². The van der Waals surface area contributed by atoms with E-state index in [1.165, 1.54) is 10.6 Å². The smallest absolute Gasteiger partial charge is 0.242 e. The average Bonchev–Trinajstić information content (AvgIpc) is 2.70. The molecule has 146 valence electrons. The average molecular weight is 399 g/mol. The second-order valence-electron chi connectivity index (χ2n) is 6.99. The Morgan fingerprint density at radius 2 is 1.39 bits per heavy atom. The monoisotopic (exact) mass is 399 g/mol. The standard InChI is InChI=1S/C20H21N3O4S/c1-28(26,27)22-12-10-21(11-13-22)19(24)14-23-17-8-4-2-6-15(17)20(25)16-7-3-5-9-18(16)23/h2-9H,10-14H2,1H3. The zero-order valence-electron chi connectivity index (χ0n) is 15.5. The summed E-state index contributed by atoms with van der Waals surface area (Å²) in [4.78, 5) is 27.4. The number of hydrogen-bond donors (Lipinski definition) is 0. The topological polar surface area (TPSA) is 79.7 Å². The molecule has 1 amide bonds. The van der Waals surface area contributed by atoms with Crippen molar-refractivity contribution in [1.82, 2.24) is 13.8 Å². The van der Waals surface area contributed by atoms with Gasteiger partial charge in [0.15, 0.2) is 5.43 Å². The maximum absolute atomic E-state index is 13.0. The van der Waals surface area contributed by atoms with E-state index in [9.17, 15) is 18.0 Å². The highest BCUT2D eigenvalue weighted by atomic mass is 32.2. The van der Waals surface area contributed by atoms with Crippen molar-refractivity contribution >= 4 is 37.7 Å². The molecule has 4 rings (SSSR count). The molecule has 0 aliphatic carbocycles. The van der Waals surface area contributed by atoms with Gasteiger partial charge in [0.2, 0.25) is 15.9 Å². The molecule has 0 saturated carbocycles. The summed E-state index contributed by atoms with van der Waals surface area (Å²) in [5, 5.41) is 1.16. The second kappa shape index (κ2) is 7.03. The molecule has 0 unspecified atom stereocenters. The van der Waals surface area contributed by atoms with Crippen LogP contribution in [0.15, 0.2) is 53.3 Å². The maximum atomic E-state index is 13.0. The molecule has 2 aromatic carbocycles. The van der Waals surface area contributed by atoms with Gasteiger partial charge in [-0.3, -0.25) is 9.59 Å². The summed E-state index contributed by atoms with van der Waals surface area (Å²) in [6, 6.07) is 14.6. The minimum atomic E-state index is -3.24. The summed E-state index contributed by atoms with van der Waals surface area (Å²) in [7, 11) is -3.24. The van der Waals surface area contributed by atoms with E-state index in [1.807, 2.05) is 41.0 Å². The Morgan fingerprint density at radius 3 is 1.89 bits per heavy atom. The molecule has 0 atom stereocenters. The number of benzene rings is 2. The van der Waals surface area contributed by atoms with E-state index in [0.717, 1.165) is 0 Å². The lowest BCUT2D eigenvalue weighted by Crippen LogP contribution is -2.51. The van der Waals surface area contributed by atoms with Gasteiger partial charge in [-0.2, -0.15) is 4.31 Å². The van der Waals surface area contributed by atoms with Crippen LogP contribution in [0.4, 0.5) is 0 Å². The molecule has 2 heterocycles. The number of carbonyl (C=O) groups excluding carboxylic acids is 1. The molecule has 7 nitrogen and oxygen atoms in total. The predicted octanol–water partition coefficient (Wildman–Crippen LogP) is 1.26. The van der Waals surface area contributed by atoms with Crippen LogP contribution in [-0.4, -0.2) is 60.5 Å². The van der Waals surface area contributed by atoms with Gasteiger partial charge in [0, 0.05) is 37.0 Å². The largest absolute Gasteiger partial charge is 0.339 e. The highest BCUT2D eigenvalue weighted by Crippen LogP contribution is 2.19. The molecule has 1 saturated heterocycles. The van der Waals surface area contributed by atoms with Crippen molar-refractivity contribution in [3.63, 3.8) is 0 Å². The predicted molar refractivity (Wildman–Crippen MR) is 109 cm³/mol. The van der Waals surface area contributed by atoms with Crippen LogP contribution in [0.1, 0.15) is 0 Å². The molecule has 1 aliphatic heterocycles. The Labute approximate surface area is 162 Å². The third-order valence-corrected chi connectivity index (χ3v) is 6.54. The molecule has 0 N–H and O–H groups in total. The molecule has 0 radical (unpaired) electrons. The van der Waals surface area contributed by atoms with Crippen LogP contribution in [0.25, 0.3) is 21.8 Å². The van der Waals surface area contributed by atoms with Gasteiger partial charge in [0.05, 0.1) is 17.3 Å². The van der Waals surface area contributed by atoms with Crippen molar-refractivity contribution in [2.24, 2.45) is 0 Å². The number of piperazine rings is 1. The third kappa shape index (κ3) is 3.29. The van der Waals surface area contributed by atoms with Gasteiger partial charge < -0.3 is 9.47 Å². The quantitative estimate of drug-likeness (QED) is 0.621. The van der Waals surface area contributed by atoms with Crippen LogP contribution in [-0.2, 0) is 21.4 Å². The number of sulfonamides is 1. The van der Waals surface area contributed by atoms with Crippen LogP contribution < -0.4 is 5.43 Å². The Morgan fingerprint density at radius 1 is 0.893 bits per heavy atom. The number of rotatable bonds is 3. The Hall–Kier alpha value is -2.71. The molecule has 1 aliphatic rings. The lowest BCUT2D eigenvalue weighted by Gasteiger charge is -2.33. The van der Waals surface area contributed by atoms with Crippen LogP contribution in [0.3, 0.4) is 0 Å². The van der Waals surface area contributed by atoms with Crippen molar-refractivity contribution in [3.05, 3.63) is 58.8 Å². The summed E-state index contributed by atoms with van der Waals surface area (Å²) >= 11 is 0. The minimum Gasteiger partial charge on any atom is -0.339 e. The van der Waals surface area contributed by atoms with E-state index >= 15 is 0 Å². The van der Waals surface area contributed by atoms with Crippen molar-refractivity contribution in [2.75, 3.05) is 32.4 Å². The zero-order valence-corrected chi connectivity index (χ0v) is 16.4. The number of aromatic nitrogens is 1. The number of carbonyl (C=O) groups is 1. The van der Waals surface area contributed by atoms with Gasteiger partial charge >= 0.3 is 0 Å². The Bertz CT molecular complexity index is 1170. The van der Waals surface area contributed by atoms with Crippen molar-refractivity contribution in [3.8, 4) is 0 Å². The summed E-state index contributed by atoms with van der Waals surface area (Å²) in [5.74, 6) is -0.0906. The fourth-order valence-corrected chi connectivity index (χ4v) is 4.58. The number of pyridine rings is 1. The molecule has 3 aromatic rings. The van der Waals surface area contributed by atoms with Gasteiger partial charge in [-0.25, -0.2) is 8.42 Å². The van der Waals surface area contributed by atoms with Crippen LogP contribution in [0, 0.1) is 0 Å². The number of fused-ring (bicyclic) bond motifs is 2. The van der Waals surface area contributed by atoms with Crippen LogP contribution in [0.2, 0.25) is 0 Å². The number of nitrogens with zero attached hydrogens (tertiary/aromatic N) is 3. The molecular weight excluding hydrogens is 378 g/mol. The van der Waals surface area contributed by atoms with Gasteiger partial charge in [-0.1, -0.05) is 24.3 Å². The first-order valence-corrected chi connectivity index (χ1v) is 10.9. The molecule has 1 aromatic heterocycles. The van der Waals surface area contributed by atoms with Gasteiger partial charge in [-0.15, -0.1) is 0 Å². The number of amides is 1. The number of hydrogen-bond acceptors (Lipinski definition) is 4. The lowest BCUT2D eigenvalue weighted by molar-refractivity contribution is -0.132. The highest BCUT2D eigenvalue weighted by molar-refractivity contribution is 7.88. The van der Waals surface area contributed by atoms with Crippen molar-refractivity contribution in [1.29, 1.82) is 0 Å². The molecule has 0 spiro atoms. The highest BCUT2D eigenvalue weighted by Gasteiger charge is 2.26. The van der Waals surface area contributed by atoms with Crippen LogP contribution in [0.5, 0.6) is 0 Å². The Kier molecular flexibility index (Phi) is 4.68. The lowest BCUT2D eigenvalue weighted by atomic mass is 10.1. The van der Waals surface area contributed by atoms with Gasteiger partial charge in [-0.05, 0) is 24.3 Å². The first-order valence-electron chi connectivity index (χ1n) is 9.09. The van der Waals surface area contributed by atoms with Gasteiger partial charge in [0.1, 0.15) is 6.54 Å². The molecular formula is C20H21N3O4S. The van der Waals surface area contributed by atoms with E-state index < -0.39 is 10.0 Å². The first-order chi connectivity index (χ1) is 13.4. The fourth-order valence-electron chi connectivity index (χ4n) is 3.75. The third-order valence-electron chi connectivity index (χ3n) is 5.23. The van der Waals surface area contributed by atoms with E-state index in [4.69, 9.17) is 0 Å². The fraction of sp³-hybridized carbons (Fsp3) is 0.300. The van der Waals surface area contributed by atoms with E-state index in [1.54, 1.807) is 17.0 Å². The molecule has 1 fully saturated rings. The zero-order chi connectivity index (χ0) is 19.9. The SMILES string of the molecule is CS(=O)(=O)N1CCN(C(=O)Cn2c3ccccc3c(=O)c3ccccc32)CC1. The van der Waals surface area contributed by atoms with Crippen LogP contribution >= 0.6 is 0 Å². The molecule has 28 heavy (non-hydrogen) atoms. The minimum absolute atomic E-state index is 0.0448. The van der Waals surface area contributed by atoms with Crippen molar-refractivity contribution < 1.29 is 13.2 Å². The van der Waals surface area contributed by atoms with E-state index in [0.29, 0.717) is 48.0 Å². The Balaban J connectivity index is 1.69. The molecule has 0 bridgehead atoms. The normalized spacial score (nSPS) is 16.0. The summed E-state index contributed by atoms with van der Waals surface area (Å²) in [5.41, 5.74) is 1.39. The van der Waals surface area contributed by atoms with Crippen molar-refractivity contribution in [2.45, 2.75) is 6.54 Å².